The van der Waals surface area contributed by atoms with Crippen molar-refractivity contribution in [3.8, 4) is 0 Å². The Morgan fingerprint density at radius 3 is 2.57 bits per heavy atom. The Bertz CT molecular complexity index is 750. The number of H-pyrrole nitrogens is 1. The van der Waals surface area contributed by atoms with Crippen LogP contribution in [-0.2, 0) is 9.59 Å². The summed E-state index contributed by atoms with van der Waals surface area (Å²) >= 11 is 3.42. The number of hydrogen-bond donors (Lipinski definition) is 3. The molecule has 1 saturated heterocycles. The Morgan fingerprint density at radius 2 is 1.96 bits per heavy atom. The van der Waals surface area contributed by atoms with Crippen LogP contribution in [0.2, 0.25) is 0 Å². The number of piperidine rings is 1. The third-order valence-corrected chi connectivity index (χ3v) is 4.94. The second kappa shape index (κ2) is 6.33. The number of nitrogens with one attached hydrogen (secondary N) is 1. The summed E-state index contributed by atoms with van der Waals surface area (Å²) in [5, 5.41) is 19.7. The minimum atomic E-state index is -0.917. The molecule has 1 aliphatic rings. The van der Waals surface area contributed by atoms with E-state index in [1.165, 1.54) is 0 Å². The molecular formula is C16H17BrN2O4. The van der Waals surface area contributed by atoms with Crippen molar-refractivity contribution in [2.45, 2.75) is 18.9 Å². The maximum Gasteiger partial charge on any atom is 0.325 e. The monoisotopic (exact) mass is 380 g/mol. The number of aliphatic carboxylic acids is 2. The maximum atomic E-state index is 11.9. The molecule has 2 heterocycles. The zero-order valence-electron chi connectivity index (χ0n) is 12.3. The summed E-state index contributed by atoms with van der Waals surface area (Å²) in [6.45, 7) is 0.934. The molecule has 0 amide bonds. The number of hydrogen-bond acceptors (Lipinski definition) is 3. The minimum Gasteiger partial charge on any atom is -0.481 e. The van der Waals surface area contributed by atoms with Crippen LogP contribution in [0.3, 0.4) is 0 Å². The summed E-state index contributed by atoms with van der Waals surface area (Å²) in [6.07, 6.45) is 2.69. The van der Waals surface area contributed by atoms with Gasteiger partial charge >= 0.3 is 11.9 Å². The Balaban J connectivity index is 1.91. The average molecular weight is 381 g/mol. The molecule has 1 aromatic heterocycles. The second-order valence-electron chi connectivity index (χ2n) is 5.82. The molecule has 122 valence electrons. The van der Waals surface area contributed by atoms with Crippen molar-refractivity contribution in [1.29, 1.82) is 0 Å². The van der Waals surface area contributed by atoms with E-state index in [2.05, 4.69) is 20.9 Å². The number of carboxylic acids is 2. The lowest BCUT2D eigenvalue weighted by molar-refractivity contribution is -0.146. The average Bonchev–Trinajstić information content (AvgIpc) is 2.91. The normalized spacial score (nSPS) is 18.1. The zero-order valence-corrected chi connectivity index (χ0v) is 13.9. The van der Waals surface area contributed by atoms with E-state index >= 15 is 0 Å². The van der Waals surface area contributed by atoms with E-state index < -0.39 is 18.0 Å². The number of aromatic amines is 1. The maximum absolute atomic E-state index is 11.9. The highest BCUT2D eigenvalue weighted by molar-refractivity contribution is 9.10. The number of fused-ring (bicyclic) bond motifs is 1. The van der Waals surface area contributed by atoms with Gasteiger partial charge in [0.2, 0.25) is 0 Å². The summed E-state index contributed by atoms with van der Waals surface area (Å²) in [5.41, 5.74) is 1.59. The fraction of sp³-hybridized carbons (Fsp3) is 0.375. The molecule has 7 heteroatoms. The van der Waals surface area contributed by atoms with Crippen molar-refractivity contribution in [2.24, 2.45) is 5.92 Å². The van der Waals surface area contributed by atoms with Crippen LogP contribution in [0.5, 0.6) is 0 Å². The van der Waals surface area contributed by atoms with Crippen LogP contribution >= 0.6 is 15.9 Å². The number of aromatic nitrogens is 1. The number of likely N-dealkylation sites (tertiary alicyclic amines) is 1. The lowest BCUT2D eigenvalue weighted by Crippen LogP contribution is -2.41. The SMILES string of the molecule is O=C(O)C1CCN(C(C(=O)O)c2c[nH]c3ccc(Br)cc23)CC1. The van der Waals surface area contributed by atoms with Gasteiger partial charge in [0.25, 0.3) is 0 Å². The molecule has 1 atom stereocenters. The molecule has 1 unspecified atom stereocenters. The predicted octanol–water partition coefficient (Wildman–Crippen LogP) is 2.85. The van der Waals surface area contributed by atoms with Gasteiger partial charge in [-0.15, -0.1) is 0 Å². The van der Waals surface area contributed by atoms with Gasteiger partial charge in [0.15, 0.2) is 0 Å². The first-order valence-corrected chi connectivity index (χ1v) is 8.23. The number of rotatable bonds is 4. The first-order chi connectivity index (χ1) is 11.0. The van der Waals surface area contributed by atoms with Gasteiger partial charge in [-0.05, 0) is 31.0 Å². The first kappa shape index (κ1) is 16.0. The van der Waals surface area contributed by atoms with E-state index in [1.54, 1.807) is 6.20 Å². The number of carbonyl (C=O) groups is 2. The molecule has 0 bridgehead atoms. The van der Waals surface area contributed by atoms with Gasteiger partial charge in [-0.2, -0.15) is 0 Å². The molecule has 0 radical (unpaired) electrons. The topological polar surface area (TPSA) is 93.6 Å². The molecule has 2 aromatic rings. The van der Waals surface area contributed by atoms with Crippen LogP contribution < -0.4 is 0 Å². The molecule has 23 heavy (non-hydrogen) atoms. The standard InChI is InChI=1S/C16H17BrN2O4/c17-10-1-2-13-11(7-10)12(8-18-13)14(16(22)23)19-5-3-9(4-6-19)15(20)21/h1-2,7-9,14,18H,3-6H2,(H,20,21)(H,22,23). The third kappa shape index (κ3) is 3.11. The molecule has 6 nitrogen and oxygen atoms in total. The van der Waals surface area contributed by atoms with Gasteiger partial charge in [0.1, 0.15) is 6.04 Å². The molecular weight excluding hydrogens is 364 g/mol. The Hall–Kier alpha value is -1.86. The van der Waals surface area contributed by atoms with Crippen molar-refractivity contribution in [3.63, 3.8) is 0 Å². The van der Waals surface area contributed by atoms with Crippen LogP contribution in [-0.4, -0.2) is 45.1 Å². The van der Waals surface area contributed by atoms with Gasteiger partial charge in [-0.25, -0.2) is 0 Å². The highest BCUT2D eigenvalue weighted by Crippen LogP contribution is 2.33. The summed E-state index contributed by atoms with van der Waals surface area (Å²) < 4.78 is 0.888. The van der Waals surface area contributed by atoms with E-state index in [9.17, 15) is 14.7 Å². The van der Waals surface area contributed by atoms with Crippen LogP contribution in [0, 0.1) is 5.92 Å². The summed E-state index contributed by atoms with van der Waals surface area (Å²) in [7, 11) is 0. The van der Waals surface area contributed by atoms with E-state index in [4.69, 9.17) is 5.11 Å². The molecule has 1 aliphatic heterocycles. The minimum absolute atomic E-state index is 0.377. The molecule has 0 aliphatic carbocycles. The van der Waals surface area contributed by atoms with Crippen LogP contribution in [0.1, 0.15) is 24.4 Å². The molecule has 0 spiro atoms. The van der Waals surface area contributed by atoms with Gasteiger partial charge in [-0.3, -0.25) is 14.5 Å². The second-order valence-corrected chi connectivity index (χ2v) is 6.74. The molecule has 3 N–H and O–H groups in total. The van der Waals surface area contributed by atoms with E-state index in [1.807, 2.05) is 23.1 Å². The van der Waals surface area contributed by atoms with Crippen LogP contribution in [0.25, 0.3) is 10.9 Å². The molecule has 1 aromatic carbocycles. The van der Waals surface area contributed by atoms with Gasteiger partial charge in [0.05, 0.1) is 5.92 Å². The Labute approximate surface area is 141 Å². The first-order valence-electron chi connectivity index (χ1n) is 7.43. The number of halogens is 1. The predicted molar refractivity (Wildman–Crippen MR) is 88.3 cm³/mol. The Morgan fingerprint density at radius 1 is 1.26 bits per heavy atom. The van der Waals surface area contributed by atoms with E-state index in [-0.39, 0.29) is 5.92 Å². The van der Waals surface area contributed by atoms with Gasteiger partial charge in [0, 0.05) is 40.2 Å². The van der Waals surface area contributed by atoms with Crippen molar-refractivity contribution in [1.82, 2.24) is 9.88 Å². The lowest BCUT2D eigenvalue weighted by Gasteiger charge is -2.34. The molecule has 3 rings (SSSR count). The quantitative estimate of drug-likeness (QED) is 0.757. The highest BCUT2D eigenvalue weighted by atomic mass is 79.9. The fourth-order valence-electron chi connectivity index (χ4n) is 3.23. The van der Waals surface area contributed by atoms with Crippen molar-refractivity contribution in [2.75, 3.05) is 13.1 Å². The Kier molecular flexibility index (Phi) is 4.41. The number of nitrogens with zero attached hydrogens (tertiary/aromatic N) is 1. The summed E-state index contributed by atoms with van der Waals surface area (Å²) in [5.74, 6) is -2.09. The van der Waals surface area contributed by atoms with E-state index in [0.717, 1.165) is 15.4 Å². The van der Waals surface area contributed by atoms with Crippen LogP contribution in [0.4, 0.5) is 0 Å². The largest absolute Gasteiger partial charge is 0.481 e. The van der Waals surface area contributed by atoms with Crippen molar-refractivity contribution < 1.29 is 19.8 Å². The fourth-order valence-corrected chi connectivity index (χ4v) is 3.59. The molecule has 1 fully saturated rings. The van der Waals surface area contributed by atoms with Gasteiger partial charge < -0.3 is 15.2 Å². The highest BCUT2D eigenvalue weighted by Gasteiger charge is 2.34. The summed E-state index contributed by atoms with van der Waals surface area (Å²) in [4.78, 5) is 27.9. The molecule has 0 saturated carbocycles. The van der Waals surface area contributed by atoms with Crippen molar-refractivity contribution in [3.05, 3.63) is 34.4 Å². The van der Waals surface area contributed by atoms with E-state index in [0.29, 0.717) is 31.5 Å². The third-order valence-electron chi connectivity index (χ3n) is 4.45. The number of carboxylic acid groups (broad SMARTS) is 2. The van der Waals surface area contributed by atoms with Gasteiger partial charge in [-0.1, -0.05) is 15.9 Å². The van der Waals surface area contributed by atoms with Crippen LogP contribution in [0.15, 0.2) is 28.9 Å². The lowest BCUT2D eigenvalue weighted by atomic mass is 9.94. The zero-order chi connectivity index (χ0) is 16.6. The summed E-state index contributed by atoms with van der Waals surface area (Å²) in [6, 6.07) is 4.93. The smallest absolute Gasteiger partial charge is 0.325 e. The van der Waals surface area contributed by atoms with Crippen molar-refractivity contribution >= 4 is 38.8 Å². The number of benzene rings is 1.